The van der Waals surface area contributed by atoms with Crippen LogP contribution in [0.2, 0.25) is 0 Å². The van der Waals surface area contributed by atoms with Gasteiger partial charge in [-0.25, -0.2) is 0 Å². The molecule has 0 saturated heterocycles. The van der Waals surface area contributed by atoms with E-state index in [1.54, 1.807) is 0 Å². The Balaban J connectivity index is 2.18. The third kappa shape index (κ3) is 0.942. The predicted octanol–water partition coefficient (Wildman–Crippen LogP) is 3.46. The summed E-state index contributed by atoms with van der Waals surface area (Å²) >= 11 is 0. The molecule has 0 heterocycles. The van der Waals surface area contributed by atoms with Crippen molar-refractivity contribution < 1.29 is 0 Å². The van der Waals surface area contributed by atoms with Crippen LogP contribution >= 0.6 is 0 Å². The average molecular weight is 182 g/mol. The molecule has 0 aliphatic heterocycles. The highest BCUT2D eigenvalue weighted by Gasteiger charge is 2.39. The van der Waals surface area contributed by atoms with Gasteiger partial charge in [0.2, 0.25) is 0 Å². The zero-order valence-corrected chi connectivity index (χ0v) is 8.40. The minimum absolute atomic E-state index is 0.332. The molecule has 2 aliphatic carbocycles. The van der Waals surface area contributed by atoms with Crippen LogP contribution in [0.1, 0.15) is 24.0 Å². The van der Waals surface area contributed by atoms with Crippen LogP contribution in [0.3, 0.4) is 0 Å². The smallest absolute Gasteiger partial charge is 0.0115 e. The highest BCUT2D eigenvalue weighted by molar-refractivity contribution is 5.45. The van der Waals surface area contributed by atoms with Gasteiger partial charge in [0.05, 0.1) is 0 Å². The number of benzene rings is 1. The lowest BCUT2D eigenvalue weighted by Crippen LogP contribution is -2.19. The molecule has 0 saturated carbocycles. The maximum atomic E-state index is 2.36. The Bertz CT molecular complexity index is 425. The average Bonchev–Trinajstić information content (AvgIpc) is 2.49. The van der Waals surface area contributed by atoms with Crippen molar-refractivity contribution in [2.45, 2.75) is 19.3 Å². The summed E-state index contributed by atoms with van der Waals surface area (Å²) < 4.78 is 0. The molecule has 0 aromatic heterocycles. The quantitative estimate of drug-likeness (QED) is 0.576. The molecule has 0 heteroatoms. The SMILES string of the molecule is CC12C=CC=CC1c1ccccc1C2. The summed E-state index contributed by atoms with van der Waals surface area (Å²) in [6.07, 6.45) is 10.2. The first-order valence-corrected chi connectivity index (χ1v) is 5.23. The second-order valence-corrected chi connectivity index (χ2v) is 4.60. The molecule has 70 valence electrons. The number of hydrogen-bond donors (Lipinski definition) is 0. The van der Waals surface area contributed by atoms with Gasteiger partial charge in [0.1, 0.15) is 0 Å². The van der Waals surface area contributed by atoms with Gasteiger partial charge in [0, 0.05) is 11.3 Å². The second kappa shape index (κ2) is 2.60. The van der Waals surface area contributed by atoms with Gasteiger partial charge in [0.15, 0.2) is 0 Å². The fourth-order valence-electron chi connectivity index (χ4n) is 2.81. The van der Waals surface area contributed by atoms with Crippen molar-refractivity contribution >= 4 is 0 Å². The zero-order valence-electron chi connectivity index (χ0n) is 8.40. The fourth-order valence-corrected chi connectivity index (χ4v) is 2.81. The van der Waals surface area contributed by atoms with Crippen molar-refractivity contribution in [3.63, 3.8) is 0 Å². The van der Waals surface area contributed by atoms with Crippen molar-refractivity contribution in [3.05, 3.63) is 59.7 Å². The van der Waals surface area contributed by atoms with Crippen molar-refractivity contribution in [1.82, 2.24) is 0 Å². The normalized spacial score (nSPS) is 32.8. The molecule has 0 radical (unpaired) electrons. The Hall–Kier alpha value is -1.30. The number of hydrogen-bond acceptors (Lipinski definition) is 0. The van der Waals surface area contributed by atoms with Crippen LogP contribution in [-0.2, 0) is 6.42 Å². The van der Waals surface area contributed by atoms with E-state index in [4.69, 9.17) is 0 Å². The molecule has 2 aliphatic rings. The predicted molar refractivity (Wildman–Crippen MR) is 59.3 cm³/mol. The Morgan fingerprint density at radius 1 is 1.21 bits per heavy atom. The van der Waals surface area contributed by atoms with E-state index in [1.165, 1.54) is 17.5 Å². The van der Waals surface area contributed by atoms with Crippen LogP contribution in [0.4, 0.5) is 0 Å². The van der Waals surface area contributed by atoms with Crippen molar-refractivity contribution in [2.75, 3.05) is 0 Å². The largest absolute Gasteiger partial charge is 0.0773 e. The van der Waals surface area contributed by atoms with Gasteiger partial charge in [-0.1, -0.05) is 55.5 Å². The van der Waals surface area contributed by atoms with Crippen molar-refractivity contribution in [2.24, 2.45) is 5.41 Å². The van der Waals surface area contributed by atoms with Crippen molar-refractivity contribution in [3.8, 4) is 0 Å². The molecular formula is C14H14. The zero-order chi connectivity index (χ0) is 9.60. The summed E-state index contributed by atoms with van der Waals surface area (Å²) in [5, 5.41) is 0. The van der Waals surface area contributed by atoms with Crippen LogP contribution < -0.4 is 0 Å². The first-order valence-electron chi connectivity index (χ1n) is 5.23. The molecule has 2 atom stereocenters. The first kappa shape index (κ1) is 8.05. The molecule has 1 aromatic rings. The van der Waals surface area contributed by atoms with E-state index in [9.17, 15) is 0 Å². The van der Waals surface area contributed by atoms with E-state index >= 15 is 0 Å². The molecule has 2 unspecified atom stereocenters. The standard InChI is InChI=1S/C14H14/c1-14-9-5-4-8-13(14)12-7-3-2-6-11(12)10-14/h2-9,13H,10H2,1H3. The molecule has 3 rings (SSSR count). The van der Waals surface area contributed by atoms with Crippen LogP contribution in [0.5, 0.6) is 0 Å². The molecule has 1 aromatic carbocycles. The van der Waals surface area contributed by atoms with Crippen LogP contribution in [0, 0.1) is 5.41 Å². The van der Waals surface area contributed by atoms with E-state index in [0.717, 1.165) is 0 Å². The highest BCUT2D eigenvalue weighted by atomic mass is 14.4. The van der Waals surface area contributed by atoms with E-state index in [2.05, 4.69) is 55.5 Å². The van der Waals surface area contributed by atoms with E-state index in [1.807, 2.05) is 0 Å². The lowest BCUT2D eigenvalue weighted by Gasteiger charge is -2.28. The van der Waals surface area contributed by atoms with Gasteiger partial charge in [-0.05, 0) is 17.5 Å². The fraction of sp³-hybridized carbons (Fsp3) is 0.286. The van der Waals surface area contributed by atoms with E-state index in [0.29, 0.717) is 11.3 Å². The van der Waals surface area contributed by atoms with Crippen LogP contribution in [0.25, 0.3) is 0 Å². The molecule has 14 heavy (non-hydrogen) atoms. The van der Waals surface area contributed by atoms with Gasteiger partial charge in [-0.2, -0.15) is 0 Å². The highest BCUT2D eigenvalue weighted by Crippen LogP contribution is 2.50. The molecule has 0 nitrogen and oxygen atoms in total. The number of allylic oxidation sites excluding steroid dienone is 4. The monoisotopic (exact) mass is 182 g/mol. The summed E-state index contributed by atoms with van der Waals surface area (Å²) in [6.45, 7) is 2.36. The maximum absolute atomic E-state index is 2.36. The Morgan fingerprint density at radius 3 is 3.00 bits per heavy atom. The third-order valence-electron chi connectivity index (χ3n) is 3.56. The Morgan fingerprint density at radius 2 is 2.07 bits per heavy atom. The summed E-state index contributed by atoms with van der Waals surface area (Å²) in [7, 11) is 0. The summed E-state index contributed by atoms with van der Waals surface area (Å²) in [5.74, 6) is 0.601. The maximum Gasteiger partial charge on any atom is 0.0115 e. The second-order valence-electron chi connectivity index (χ2n) is 4.60. The number of rotatable bonds is 0. The summed E-state index contributed by atoms with van der Waals surface area (Å²) in [5.41, 5.74) is 3.38. The number of fused-ring (bicyclic) bond motifs is 3. The van der Waals surface area contributed by atoms with Crippen LogP contribution in [-0.4, -0.2) is 0 Å². The van der Waals surface area contributed by atoms with Gasteiger partial charge < -0.3 is 0 Å². The summed E-state index contributed by atoms with van der Waals surface area (Å²) in [4.78, 5) is 0. The van der Waals surface area contributed by atoms with Crippen molar-refractivity contribution in [1.29, 1.82) is 0 Å². The Labute approximate surface area is 85.0 Å². The molecule has 0 bridgehead atoms. The molecular weight excluding hydrogens is 168 g/mol. The minimum Gasteiger partial charge on any atom is -0.0773 e. The lowest BCUT2D eigenvalue weighted by atomic mass is 9.75. The van der Waals surface area contributed by atoms with Crippen LogP contribution in [0.15, 0.2) is 48.6 Å². The van der Waals surface area contributed by atoms with Gasteiger partial charge >= 0.3 is 0 Å². The molecule has 0 amide bonds. The Kier molecular flexibility index (Phi) is 1.49. The van der Waals surface area contributed by atoms with E-state index < -0.39 is 0 Å². The first-order chi connectivity index (χ1) is 6.80. The van der Waals surface area contributed by atoms with E-state index in [-0.39, 0.29) is 0 Å². The summed E-state index contributed by atoms with van der Waals surface area (Å²) in [6, 6.07) is 8.83. The van der Waals surface area contributed by atoms with Gasteiger partial charge in [0.25, 0.3) is 0 Å². The van der Waals surface area contributed by atoms with Gasteiger partial charge in [-0.3, -0.25) is 0 Å². The lowest BCUT2D eigenvalue weighted by molar-refractivity contribution is 0.410. The topological polar surface area (TPSA) is 0 Å². The molecule has 0 fully saturated rings. The van der Waals surface area contributed by atoms with Gasteiger partial charge in [-0.15, -0.1) is 0 Å². The molecule has 0 N–H and O–H groups in total. The molecule has 0 spiro atoms. The minimum atomic E-state index is 0.332. The third-order valence-corrected chi connectivity index (χ3v) is 3.56.